The van der Waals surface area contributed by atoms with Gasteiger partial charge in [0, 0.05) is 42.8 Å². The molecule has 1 saturated heterocycles. The topological polar surface area (TPSA) is 58.3 Å². The minimum atomic E-state index is -0.293. The van der Waals surface area contributed by atoms with Crippen LogP contribution < -0.4 is 4.90 Å². The molecule has 1 aliphatic heterocycles. The van der Waals surface area contributed by atoms with Gasteiger partial charge in [-0.1, -0.05) is 0 Å². The summed E-state index contributed by atoms with van der Waals surface area (Å²) >= 11 is 3.23. The van der Waals surface area contributed by atoms with E-state index in [-0.39, 0.29) is 5.82 Å². The third-order valence-corrected chi connectivity index (χ3v) is 4.66. The van der Waals surface area contributed by atoms with Crippen molar-refractivity contribution >= 4 is 21.7 Å². The lowest BCUT2D eigenvalue weighted by Gasteiger charge is -2.34. The van der Waals surface area contributed by atoms with Crippen LogP contribution in [0.4, 0.5) is 10.2 Å². The fourth-order valence-electron chi connectivity index (χ4n) is 2.77. The van der Waals surface area contributed by atoms with Gasteiger partial charge in [-0.25, -0.2) is 9.37 Å². The van der Waals surface area contributed by atoms with Crippen LogP contribution in [0.3, 0.4) is 0 Å². The van der Waals surface area contributed by atoms with E-state index in [1.54, 1.807) is 6.20 Å². The smallest absolute Gasteiger partial charge is 0.230 e. The van der Waals surface area contributed by atoms with Gasteiger partial charge in [0.25, 0.3) is 0 Å². The maximum atomic E-state index is 14.0. The zero-order chi connectivity index (χ0) is 15.8. The second kappa shape index (κ2) is 6.16. The standard InChI is InChI=1S/C15H17BrFN5O/c16-11-7-12(17)14(18-8-11)22-5-3-21(4-6-22)9-13-19-20-15(23-13)10-1-2-10/h7-8,10H,1-6,9H2. The number of aromatic nitrogens is 3. The number of hydrogen-bond donors (Lipinski definition) is 0. The zero-order valence-electron chi connectivity index (χ0n) is 12.6. The first kappa shape index (κ1) is 15.0. The van der Waals surface area contributed by atoms with E-state index in [2.05, 4.69) is 36.0 Å². The van der Waals surface area contributed by atoms with Gasteiger partial charge >= 0.3 is 0 Å². The van der Waals surface area contributed by atoms with Gasteiger partial charge in [0.2, 0.25) is 11.8 Å². The highest BCUT2D eigenvalue weighted by atomic mass is 79.9. The minimum Gasteiger partial charge on any atom is -0.424 e. The van der Waals surface area contributed by atoms with Crippen molar-refractivity contribution in [1.29, 1.82) is 0 Å². The summed E-state index contributed by atoms with van der Waals surface area (Å²) in [5.41, 5.74) is 0. The molecular formula is C15H17BrFN5O. The average molecular weight is 382 g/mol. The fraction of sp³-hybridized carbons (Fsp3) is 0.533. The lowest BCUT2D eigenvalue weighted by molar-refractivity contribution is 0.223. The molecule has 0 unspecified atom stereocenters. The largest absolute Gasteiger partial charge is 0.424 e. The number of nitrogens with zero attached hydrogens (tertiary/aromatic N) is 5. The lowest BCUT2D eigenvalue weighted by Crippen LogP contribution is -2.46. The molecule has 0 N–H and O–H groups in total. The molecule has 2 aromatic rings. The SMILES string of the molecule is Fc1cc(Br)cnc1N1CCN(Cc2nnc(C3CC3)o2)CC1. The van der Waals surface area contributed by atoms with Gasteiger partial charge in [0.05, 0.1) is 6.54 Å². The molecule has 2 aromatic heterocycles. The summed E-state index contributed by atoms with van der Waals surface area (Å²) in [7, 11) is 0. The average Bonchev–Trinajstić information content (AvgIpc) is 3.29. The van der Waals surface area contributed by atoms with Crippen LogP contribution in [0.15, 0.2) is 21.2 Å². The lowest BCUT2D eigenvalue weighted by atomic mass is 10.3. The van der Waals surface area contributed by atoms with E-state index in [1.165, 1.54) is 6.07 Å². The Balaban J connectivity index is 1.34. The maximum absolute atomic E-state index is 14.0. The Morgan fingerprint density at radius 1 is 1.22 bits per heavy atom. The second-order valence-corrected chi connectivity index (χ2v) is 6.95. The highest BCUT2D eigenvalue weighted by Gasteiger charge is 2.30. The molecule has 4 rings (SSSR count). The van der Waals surface area contributed by atoms with E-state index in [1.807, 2.05) is 4.90 Å². The Morgan fingerprint density at radius 3 is 2.70 bits per heavy atom. The predicted molar refractivity (Wildman–Crippen MR) is 85.7 cm³/mol. The fourth-order valence-corrected chi connectivity index (χ4v) is 3.08. The highest BCUT2D eigenvalue weighted by Crippen LogP contribution is 2.39. The molecule has 2 aliphatic rings. The molecular weight excluding hydrogens is 365 g/mol. The minimum absolute atomic E-state index is 0.293. The zero-order valence-corrected chi connectivity index (χ0v) is 14.2. The first-order valence-corrected chi connectivity index (χ1v) is 8.59. The van der Waals surface area contributed by atoms with Crippen molar-refractivity contribution in [2.75, 3.05) is 31.1 Å². The first-order valence-electron chi connectivity index (χ1n) is 7.79. The van der Waals surface area contributed by atoms with E-state index in [9.17, 15) is 4.39 Å². The first-order chi connectivity index (χ1) is 11.2. The second-order valence-electron chi connectivity index (χ2n) is 6.03. The molecule has 6 nitrogen and oxygen atoms in total. The normalized spacial score (nSPS) is 19.3. The van der Waals surface area contributed by atoms with Gasteiger partial charge in [0.15, 0.2) is 11.6 Å². The molecule has 1 aliphatic carbocycles. The summed E-state index contributed by atoms with van der Waals surface area (Å²) in [6, 6.07) is 1.45. The number of piperazine rings is 1. The number of halogens is 2. The van der Waals surface area contributed by atoms with Gasteiger partial charge in [-0.2, -0.15) is 0 Å². The summed E-state index contributed by atoms with van der Waals surface area (Å²) in [6.07, 6.45) is 3.95. The molecule has 0 spiro atoms. The van der Waals surface area contributed by atoms with Gasteiger partial charge in [-0.3, -0.25) is 4.90 Å². The van der Waals surface area contributed by atoms with E-state index < -0.39 is 0 Å². The number of pyridine rings is 1. The van der Waals surface area contributed by atoms with E-state index in [0.29, 0.717) is 28.6 Å². The summed E-state index contributed by atoms with van der Waals surface area (Å²) in [4.78, 5) is 8.41. The van der Waals surface area contributed by atoms with Gasteiger partial charge in [-0.05, 0) is 34.8 Å². The van der Waals surface area contributed by atoms with Crippen molar-refractivity contribution in [3.05, 3.63) is 34.3 Å². The van der Waals surface area contributed by atoms with Crippen molar-refractivity contribution < 1.29 is 8.81 Å². The monoisotopic (exact) mass is 381 g/mol. The van der Waals surface area contributed by atoms with Crippen molar-refractivity contribution in [2.24, 2.45) is 0 Å². The van der Waals surface area contributed by atoms with Crippen LogP contribution in [0, 0.1) is 5.82 Å². The Morgan fingerprint density at radius 2 is 2.00 bits per heavy atom. The van der Waals surface area contributed by atoms with Crippen LogP contribution in [-0.4, -0.2) is 46.3 Å². The highest BCUT2D eigenvalue weighted by molar-refractivity contribution is 9.10. The molecule has 0 bridgehead atoms. The number of anilines is 1. The van der Waals surface area contributed by atoms with Crippen LogP contribution in [0.2, 0.25) is 0 Å². The van der Waals surface area contributed by atoms with Crippen LogP contribution in [0.5, 0.6) is 0 Å². The van der Waals surface area contributed by atoms with Crippen molar-refractivity contribution in [1.82, 2.24) is 20.1 Å². The van der Waals surface area contributed by atoms with Crippen LogP contribution >= 0.6 is 15.9 Å². The summed E-state index contributed by atoms with van der Waals surface area (Å²) in [5.74, 6) is 2.06. The predicted octanol–water partition coefficient (Wildman–Crippen LogP) is 2.57. The third kappa shape index (κ3) is 3.37. The number of hydrogen-bond acceptors (Lipinski definition) is 6. The summed E-state index contributed by atoms with van der Waals surface area (Å²) in [5, 5.41) is 8.23. The van der Waals surface area contributed by atoms with Crippen molar-refractivity contribution in [3.63, 3.8) is 0 Å². The summed E-state index contributed by atoms with van der Waals surface area (Å²) in [6.45, 7) is 3.75. The Labute approximate surface area is 141 Å². The van der Waals surface area contributed by atoms with Crippen molar-refractivity contribution in [2.45, 2.75) is 25.3 Å². The molecule has 0 amide bonds. The van der Waals surface area contributed by atoms with Gasteiger partial charge < -0.3 is 9.32 Å². The molecule has 2 fully saturated rings. The Hall–Kier alpha value is -1.54. The molecule has 0 aromatic carbocycles. The van der Waals surface area contributed by atoms with E-state index in [0.717, 1.165) is 44.9 Å². The Bertz CT molecular complexity index is 697. The molecule has 1 saturated carbocycles. The summed E-state index contributed by atoms with van der Waals surface area (Å²) < 4.78 is 20.3. The third-order valence-electron chi connectivity index (χ3n) is 4.23. The molecule has 3 heterocycles. The molecule has 0 atom stereocenters. The van der Waals surface area contributed by atoms with E-state index >= 15 is 0 Å². The molecule has 0 radical (unpaired) electrons. The van der Waals surface area contributed by atoms with Crippen LogP contribution in [0.25, 0.3) is 0 Å². The molecule has 122 valence electrons. The maximum Gasteiger partial charge on any atom is 0.230 e. The van der Waals surface area contributed by atoms with Gasteiger partial charge in [0.1, 0.15) is 0 Å². The van der Waals surface area contributed by atoms with Crippen molar-refractivity contribution in [3.8, 4) is 0 Å². The Kier molecular flexibility index (Phi) is 4.02. The van der Waals surface area contributed by atoms with Gasteiger partial charge in [-0.15, -0.1) is 10.2 Å². The quantitative estimate of drug-likeness (QED) is 0.810. The van der Waals surface area contributed by atoms with E-state index in [4.69, 9.17) is 4.42 Å². The van der Waals surface area contributed by atoms with Crippen LogP contribution in [-0.2, 0) is 6.54 Å². The number of rotatable bonds is 4. The molecule has 23 heavy (non-hydrogen) atoms. The molecule has 8 heteroatoms. The van der Waals surface area contributed by atoms with Crippen LogP contribution in [0.1, 0.15) is 30.5 Å².